The zero-order chi connectivity index (χ0) is 19.2. The van der Waals surface area contributed by atoms with E-state index in [1.807, 2.05) is 0 Å². The van der Waals surface area contributed by atoms with Crippen LogP contribution in [0.1, 0.15) is 59.3 Å². The molecule has 25 heavy (non-hydrogen) atoms. The predicted molar refractivity (Wildman–Crippen MR) is 122 cm³/mol. The second kappa shape index (κ2) is 30.4. The zero-order valence-corrected chi connectivity index (χ0v) is 23.1. The van der Waals surface area contributed by atoms with Gasteiger partial charge >= 0.3 is 40.8 Å². The number of hydrogen-bond donors (Lipinski definition) is 0. The summed E-state index contributed by atoms with van der Waals surface area (Å²) in [5.74, 6) is 0. The van der Waals surface area contributed by atoms with Gasteiger partial charge in [-0.1, -0.05) is 40.0 Å². The molecule has 0 aliphatic heterocycles. The molecule has 0 saturated heterocycles. The minimum atomic E-state index is 0. The van der Waals surface area contributed by atoms with Crippen molar-refractivity contribution < 1.29 is 55.0 Å². The van der Waals surface area contributed by atoms with Gasteiger partial charge in [0.1, 0.15) is 0 Å². The van der Waals surface area contributed by atoms with E-state index in [1.165, 1.54) is 0 Å². The Morgan fingerprint density at radius 1 is 0.600 bits per heavy atom. The summed E-state index contributed by atoms with van der Waals surface area (Å²) in [5.41, 5.74) is 0. The average molecular weight is 592 g/mol. The molecule has 0 fully saturated rings. The Bertz CT molecular complexity index is 272. The Kier molecular flexibility index (Phi) is 41.6. The van der Waals surface area contributed by atoms with Crippen LogP contribution in [0.15, 0.2) is 0 Å². The molecule has 0 unspecified atom stereocenters. The summed E-state index contributed by atoms with van der Waals surface area (Å²) in [5, 5.41) is 0. The fourth-order valence-electron chi connectivity index (χ4n) is 0.900. The van der Waals surface area contributed by atoms with E-state index in [0.717, 1.165) is 38.5 Å². The van der Waals surface area contributed by atoms with Crippen molar-refractivity contribution in [3.8, 4) is 0 Å². The third kappa shape index (κ3) is 51.8. The van der Waals surface area contributed by atoms with Gasteiger partial charge in [-0.15, -0.1) is 0 Å². The van der Waals surface area contributed by atoms with Crippen molar-refractivity contribution in [1.29, 1.82) is 0 Å². The molecule has 0 aromatic carbocycles. The fraction of sp³-hybridized carbons (Fsp3) is 0.800. The molecule has 0 aliphatic rings. The van der Waals surface area contributed by atoms with Crippen molar-refractivity contribution in [3.05, 3.63) is 0 Å². The number of ether oxygens (including phenoxy) is 3. The molecule has 10 heteroatoms. The van der Waals surface area contributed by atoms with Gasteiger partial charge in [0.05, 0.1) is 19.8 Å². The van der Waals surface area contributed by atoms with E-state index >= 15 is 0 Å². The normalized spacial score (nSPS) is 8.28. The van der Waals surface area contributed by atoms with Crippen molar-refractivity contribution in [2.24, 2.45) is 0 Å². The maximum Gasteiger partial charge on any atom is 3.00 e. The van der Waals surface area contributed by atoms with Crippen LogP contribution in [0.5, 0.6) is 0 Å². The van der Waals surface area contributed by atoms with E-state index in [0.29, 0.717) is 19.8 Å². The number of hydrogen-bond acceptors (Lipinski definition) is 9. The first-order chi connectivity index (χ1) is 11.3. The van der Waals surface area contributed by atoms with Crippen LogP contribution in [0, 0.1) is 40.8 Å². The smallest absolute Gasteiger partial charge is 0.514 e. The topological polar surface area (TPSA) is 27.7 Å². The third-order valence-corrected chi connectivity index (χ3v) is 2.86. The number of unbranched alkanes of at least 4 members (excludes halogenated alkanes) is 3. The van der Waals surface area contributed by atoms with Gasteiger partial charge in [0.15, 0.2) is 0 Å². The van der Waals surface area contributed by atoms with Gasteiger partial charge in [-0.05, 0) is 19.3 Å². The number of thiocarbonyl (C=S) groups is 3. The summed E-state index contributed by atoms with van der Waals surface area (Å²) < 4.78 is 15.2. The summed E-state index contributed by atoms with van der Waals surface area (Å²) in [6.45, 7) is 8.32. The molecule has 0 aromatic rings. The maximum atomic E-state index is 4.83. The van der Waals surface area contributed by atoms with E-state index in [4.69, 9.17) is 14.2 Å². The van der Waals surface area contributed by atoms with Crippen molar-refractivity contribution in [2.75, 3.05) is 19.8 Å². The summed E-state index contributed by atoms with van der Waals surface area (Å²) >= 11 is 27.0. The van der Waals surface area contributed by atoms with Crippen LogP contribution in [0.3, 0.4) is 0 Å². The van der Waals surface area contributed by atoms with Gasteiger partial charge in [-0.3, -0.25) is 0 Å². The number of rotatable bonds is 9. The van der Waals surface area contributed by atoms with Crippen LogP contribution in [0.4, 0.5) is 0 Å². The van der Waals surface area contributed by atoms with Gasteiger partial charge in [0, 0.05) is 13.1 Å². The van der Waals surface area contributed by atoms with Gasteiger partial charge in [-0.2, -0.15) is 0 Å². The Labute approximate surface area is 219 Å². The maximum absolute atomic E-state index is 4.83. The Morgan fingerprint density at radius 2 is 0.800 bits per heavy atom. The van der Waals surface area contributed by atoms with Gasteiger partial charge < -0.3 is 88.8 Å². The summed E-state index contributed by atoms with van der Waals surface area (Å²) in [6.07, 6.45) is 6.48. The fourth-order valence-corrected chi connectivity index (χ4v) is 1.40. The van der Waals surface area contributed by atoms with Gasteiger partial charge in [0.25, 0.3) is 0 Å². The standard InChI is InChI=1S/3C5H10OS2.Nd/c3*1-2-3-4-6-5(7)8;/h3*2-4H2,1H3,(H,7,8);/q;;;+3/p-3. The summed E-state index contributed by atoms with van der Waals surface area (Å²) in [6, 6.07) is 0. The Balaban J connectivity index is -0.000000130. The van der Waals surface area contributed by atoms with Gasteiger partial charge in [-0.25, -0.2) is 0 Å². The van der Waals surface area contributed by atoms with E-state index in [9.17, 15) is 0 Å². The predicted octanol–water partition coefficient (Wildman–Crippen LogP) is 4.90. The molecular weight excluding hydrogens is 565 g/mol. The van der Waals surface area contributed by atoms with E-state index in [-0.39, 0.29) is 54.0 Å². The monoisotopic (exact) mass is 589 g/mol. The minimum Gasteiger partial charge on any atom is -0.514 e. The van der Waals surface area contributed by atoms with E-state index in [1.54, 1.807) is 0 Å². The van der Waals surface area contributed by atoms with Crippen LogP contribution in [-0.4, -0.2) is 33.0 Å². The molecule has 0 rings (SSSR count). The zero-order valence-electron chi connectivity index (χ0n) is 15.0. The van der Waals surface area contributed by atoms with Crippen LogP contribution >= 0.6 is 36.7 Å². The van der Waals surface area contributed by atoms with Crippen molar-refractivity contribution in [3.63, 3.8) is 0 Å². The summed E-state index contributed by atoms with van der Waals surface area (Å²) in [4.78, 5) is 0. The molecule has 0 heterocycles. The molecule has 0 atom stereocenters. The molecule has 145 valence electrons. The molecule has 0 aliphatic carbocycles. The first-order valence-electron chi connectivity index (χ1n) is 7.82. The Morgan fingerprint density at radius 3 is 0.920 bits per heavy atom. The van der Waals surface area contributed by atoms with Crippen molar-refractivity contribution >= 4 is 87.7 Å². The molecule has 3 nitrogen and oxygen atoms in total. The third-order valence-electron chi connectivity index (χ3n) is 2.15. The first-order valence-corrected chi connectivity index (χ1v) is 10.3. The molecule has 0 bridgehead atoms. The molecule has 0 aromatic heterocycles. The quantitative estimate of drug-likeness (QED) is 0.211. The largest absolute Gasteiger partial charge is 3.00 e. The average Bonchev–Trinajstić information content (AvgIpc) is 2.48. The second-order valence-electron chi connectivity index (χ2n) is 4.36. The molecular formula is C15H27NdO3S6. The van der Waals surface area contributed by atoms with E-state index in [2.05, 4.69) is 95.3 Å². The van der Waals surface area contributed by atoms with Crippen LogP contribution in [0.25, 0.3) is 0 Å². The first kappa shape index (κ1) is 34.2. The molecule has 0 N–H and O–H groups in total. The summed E-state index contributed by atoms with van der Waals surface area (Å²) in [7, 11) is 0. The van der Waals surface area contributed by atoms with E-state index < -0.39 is 0 Å². The van der Waals surface area contributed by atoms with Crippen LogP contribution < -0.4 is 0 Å². The Hall–Kier alpha value is 1.68. The molecule has 0 amide bonds. The SMILES string of the molecule is CCCCOC(=S)[S-].CCCCOC(=S)[S-].CCCCOC(=S)[S-].[Nd+3]. The van der Waals surface area contributed by atoms with Crippen molar-refractivity contribution in [2.45, 2.75) is 59.3 Å². The molecule has 1 radical (unpaired) electrons. The molecule has 0 spiro atoms. The van der Waals surface area contributed by atoms with Gasteiger partial charge in [0.2, 0.25) is 0 Å². The molecule has 0 saturated carbocycles. The minimum absolute atomic E-state index is 0. The van der Waals surface area contributed by atoms with Crippen molar-refractivity contribution in [1.82, 2.24) is 0 Å². The van der Waals surface area contributed by atoms with Crippen LogP contribution in [0.2, 0.25) is 0 Å². The second-order valence-corrected chi connectivity index (χ2v) is 7.36. The van der Waals surface area contributed by atoms with Crippen LogP contribution in [-0.2, 0) is 52.1 Å².